The van der Waals surface area contributed by atoms with Gasteiger partial charge in [0.1, 0.15) is 5.75 Å². The second kappa shape index (κ2) is 6.28. The lowest BCUT2D eigenvalue weighted by Gasteiger charge is -2.21. The molecule has 0 aromatic heterocycles. The summed E-state index contributed by atoms with van der Waals surface area (Å²) in [5.41, 5.74) is 0.743. The summed E-state index contributed by atoms with van der Waals surface area (Å²) in [6.07, 6.45) is 0. The van der Waals surface area contributed by atoms with Crippen LogP contribution < -0.4 is 15.4 Å². The Morgan fingerprint density at radius 1 is 1.28 bits per heavy atom. The summed E-state index contributed by atoms with van der Waals surface area (Å²) in [6.45, 7) is 8.85. The number of ether oxygens (including phenoxy) is 1. The van der Waals surface area contributed by atoms with Crippen molar-refractivity contribution >= 4 is 6.03 Å². The van der Waals surface area contributed by atoms with Crippen molar-refractivity contribution in [3.8, 4) is 5.75 Å². The molecule has 0 atom stereocenters. The van der Waals surface area contributed by atoms with Crippen LogP contribution in [0.25, 0.3) is 0 Å². The van der Waals surface area contributed by atoms with Gasteiger partial charge in [0.15, 0.2) is 0 Å². The van der Waals surface area contributed by atoms with Gasteiger partial charge in [-0.25, -0.2) is 4.79 Å². The molecule has 100 valence electrons. The van der Waals surface area contributed by atoms with Gasteiger partial charge in [-0.3, -0.25) is 0 Å². The first kappa shape index (κ1) is 14.4. The van der Waals surface area contributed by atoms with Crippen molar-refractivity contribution < 1.29 is 9.53 Å². The Morgan fingerprint density at radius 3 is 2.56 bits per heavy atom. The second-order valence-corrected chi connectivity index (χ2v) is 5.10. The molecule has 4 nitrogen and oxygen atoms in total. The van der Waals surface area contributed by atoms with Crippen LogP contribution in [-0.2, 0) is 6.54 Å². The lowest BCUT2D eigenvalue weighted by atomic mass is 10.1. The predicted molar refractivity (Wildman–Crippen MR) is 72.7 cm³/mol. The molecule has 0 unspecified atom stereocenters. The summed E-state index contributed by atoms with van der Waals surface area (Å²) in [4.78, 5) is 11.6. The minimum atomic E-state index is -0.233. The van der Waals surface area contributed by atoms with Crippen LogP contribution in [0.4, 0.5) is 4.79 Å². The number of urea groups is 1. The summed E-state index contributed by atoms with van der Waals surface area (Å²) >= 11 is 0. The average molecular weight is 250 g/mol. The Hall–Kier alpha value is -1.71. The molecule has 0 aliphatic rings. The third-order valence-corrected chi connectivity index (χ3v) is 2.20. The van der Waals surface area contributed by atoms with E-state index in [9.17, 15) is 4.79 Å². The van der Waals surface area contributed by atoms with Gasteiger partial charge >= 0.3 is 6.03 Å². The SMILES string of the molecule is CCOc1ccccc1CNC(=O)NC(C)(C)C. The van der Waals surface area contributed by atoms with Crippen LogP contribution in [0, 0.1) is 0 Å². The average Bonchev–Trinajstić information content (AvgIpc) is 2.26. The van der Waals surface area contributed by atoms with Crippen LogP contribution in [0.1, 0.15) is 33.3 Å². The molecular formula is C14H22N2O2. The van der Waals surface area contributed by atoms with Gasteiger partial charge in [0.05, 0.1) is 6.61 Å². The normalized spacial score (nSPS) is 10.9. The highest BCUT2D eigenvalue weighted by molar-refractivity contribution is 5.74. The number of carbonyl (C=O) groups excluding carboxylic acids is 1. The van der Waals surface area contributed by atoms with E-state index in [1.807, 2.05) is 52.0 Å². The molecule has 1 rings (SSSR count). The molecule has 0 spiro atoms. The maximum atomic E-state index is 11.6. The first-order valence-corrected chi connectivity index (χ1v) is 6.19. The monoisotopic (exact) mass is 250 g/mol. The number of nitrogens with one attached hydrogen (secondary N) is 2. The van der Waals surface area contributed by atoms with Crippen molar-refractivity contribution in [1.29, 1.82) is 0 Å². The van der Waals surface area contributed by atoms with Crippen LogP contribution in [0.5, 0.6) is 5.75 Å². The molecule has 0 radical (unpaired) electrons. The zero-order valence-electron chi connectivity index (χ0n) is 11.5. The second-order valence-electron chi connectivity index (χ2n) is 5.10. The Kier molecular flexibility index (Phi) is 5.01. The van der Waals surface area contributed by atoms with Crippen LogP contribution >= 0.6 is 0 Å². The predicted octanol–water partition coefficient (Wildman–Crippen LogP) is 2.68. The zero-order valence-corrected chi connectivity index (χ0v) is 11.5. The summed E-state index contributed by atoms with van der Waals surface area (Å²) in [5.74, 6) is 0.816. The molecule has 1 aromatic rings. The fourth-order valence-corrected chi connectivity index (χ4v) is 1.51. The Bertz CT molecular complexity index is 397. The van der Waals surface area contributed by atoms with Gasteiger partial charge in [0.25, 0.3) is 0 Å². The number of hydrogen-bond donors (Lipinski definition) is 2. The first-order chi connectivity index (χ1) is 8.42. The summed E-state index contributed by atoms with van der Waals surface area (Å²) in [7, 11) is 0. The summed E-state index contributed by atoms with van der Waals surface area (Å²) < 4.78 is 5.50. The lowest BCUT2D eigenvalue weighted by Crippen LogP contribution is -2.46. The van der Waals surface area contributed by atoms with E-state index in [0.717, 1.165) is 11.3 Å². The number of para-hydroxylation sites is 1. The topological polar surface area (TPSA) is 50.4 Å². The van der Waals surface area contributed by atoms with Gasteiger partial charge < -0.3 is 15.4 Å². The molecule has 2 amide bonds. The number of rotatable bonds is 4. The highest BCUT2D eigenvalue weighted by Crippen LogP contribution is 2.17. The quantitative estimate of drug-likeness (QED) is 0.863. The van der Waals surface area contributed by atoms with Crippen molar-refractivity contribution in [2.75, 3.05) is 6.61 Å². The Balaban J connectivity index is 2.55. The van der Waals surface area contributed by atoms with Crippen LogP contribution in [0.2, 0.25) is 0 Å². The van der Waals surface area contributed by atoms with E-state index in [0.29, 0.717) is 13.2 Å². The van der Waals surface area contributed by atoms with Gasteiger partial charge in [0.2, 0.25) is 0 Å². The molecule has 0 saturated heterocycles. The van der Waals surface area contributed by atoms with E-state index in [4.69, 9.17) is 4.74 Å². The molecule has 0 aliphatic carbocycles. The molecule has 1 aromatic carbocycles. The maximum absolute atomic E-state index is 11.6. The minimum Gasteiger partial charge on any atom is -0.494 e. The van der Waals surface area contributed by atoms with E-state index in [2.05, 4.69) is 10.6 Å². The number of hydrogen-bond acceptors (Lipinski definition) is 2. The van der Waals surface area contributed by atoms with E-state index in [1.165, 1.54) is 0 Å². The van der Waals surface area contributed by atoms with Gasteiger partial charge in [-0.2, -0.15) is 0 Å². The summed E-state index contributed by atoms with van der Waals surface area (Å²) in [5, 5.41) is 5.67. The highest BCUT2D eigenvalue weighted by atomic mass is 16.5. The van der Waals surface area contributed by atoms with Crippen molar-refractivity contribution in [1.82, 2.24) is 10.6 Å². The van der Waals surface area contributed by atoms with Crippen LogP contribution in [0.3, 0.4) is 0 Å². The molecule has 18 heavy (non-hydrogen) atoms. The van der Waals surface area contributed by atoms with E-state index in [-0.39, 0.29) is 11.6 Å². The molecule has 0 bridgehead atoms. The standard InChI is InChI=1S/C14H22N2O2/c1-5-18-12-9-7-6-8-11(12)10-15-13(17)16-14(2,3)4/h6-9H,5,10H2,1-4H3,(H2,15,16,17). The van der Waals surface area contributed by atoms with Crippen LogP contribution in [-0.4, -0.2) is 18.2 Å². The fraction of sp³-hybridized carbons (Fsp3) is 0.500. The third kappa shape index (κ3) is 5.08. The number of benzene rings is 1. The fourth-order valence-electron chi connectivity index (χ4n) is 1.51. The molecule has 4 heteroatoms. The molecular weight excluding hydrogens is 228 g/mol. The van der Waals surface area contributed by atoms with Crippen molar-refractivity contribution in [3.05, 3.63) is 29.8 Å². The van der Waals surface area contributed by atoms with Gasteiger partial charge in [-0.05, 0) is 33.8 Å². The van der Waals surface area contributed by atoms with Crippen LogP contribution in [0.15, 0.2) is 24.3 Å². The molecule has 0 fully saturated rings. The number of carbonyl (C=O) groups is 1. The van der Waals surface area contributed by atoms with Gasteiger partial charge in [-0.15, -0.1) is 0 Å². The number of amides is 2. The van der Waals surface area contributed by atoms with Crippen molar-refractivity contribution in [3.63, 3.8) is 0 Å². The lowest BCUT2D eigenvalue weighted by molar-refractivity contribution is 0.231. The zero-order chi connectivity index (χ0) is 13.6. The van der Waals surface area contributed by atoms with Crippen molar-refractivity contribution in [2.24, 2.45) is 0 Å². The maximum Gasteiger partial charge on any atom is 0.315 e. The largest absolute Gasteiger partial charge is 0.494 e. The van der Waals surface area contributed by atoms with Gasteiger partial charge in [-0.1, -0.05) is 18.2 Å². The van der Waals surface area contributed by atoms with Gasteiger partial charge in [0, 0.05) is 17.6 Å². The summed E-state index contributed by atoms with van der Waals surface area (Å²) in [6, 6.07) is 7.53. The molecule has 2 N–H and O–H groups in total. The minimum absolute atomic E-state index is 0.172. The van der Waals surface area contributed by atoms with E-state index < -0.39 is 0 Å². The first-order valence-electron chi connectivity index (χ1n) is 6.19. The smallest absolute Gasteiger partial charge is 0.315 e. The Morgan fingerprint density at radius 2 is 1.94 bits per heavy atom. The molecule has 0 saturated carbocycles. The Labute approximate surface area is 109 Å². The van der Waals surface area contributed by atoms with E-state index in [1.54, 1.807) is 0 Å². The molecule has 0 heterocycles. The van der Waals surface area contributed by atoms with Crippen molar-refractivity contribution in [2.45, 2.75) is 39.8 Å². The molecule has 0 aliphatic heterocycles. The highest BCUT2D eigenvalue weighted by Gasteiger charge is 2.13. The third-order valence-electron chi connectivity index (χ3n) is 2.20. The van der Waals surface area contributed by atoms with E-state index >= 15 is 0 Å².